The molecule has 1 rings (SSSR count). The lowest BCUT2D eigenvalue weighted by atomic mass is 10.1. The van der Waals surface area contributed by atoms with Crippen LogP contribution in [-0.2, 0) is 4.79 Å². The first-order valence-electron chi connectivity index (χ1n) is 4.91. The molecule has 0 aromatic carbocycles. The van der Waals surface area contributed by atoms with Crippen molar-refractivity contribution in [2.45, 2.75) is 51.6 Å². The Morgan fingerprint density at radius 3 is 2.50 bits per heavy atom. The molecule has 0 amide bonds. The van der Waals surface area contributed by atoms with E-state index in [2.05, 4.69) is 11.8 Å². The summed E-state index contributed by atoms with van der Waals surface area (Å²) in [4.78, 5) is 13.2. The molecule has 1 heterocycles. The fourth-order valence-electron chi connectivity index (χ4n) is 1.93. The van der Waals surface area contributed by atoms with Gasteiger partial charge in [0, 0.05) is 6.04 Å². The Morgan fingerprint density at radius 1 is 1.42 bits per heavy atom. The van der Waals surface area contributed by atoms with E-state index in [0.717, 1.165) is 0 Å². The Kier molecular flexibility index (Phi) is 3.27. The maximum atomic E-state index is 11.0. The zero-order chi connectivity index (χ0) is 9.14. The maximum absolute atomic E-state index is 11.0. The third kappa shape index (κ3) is 2.07. The van der Waals surface area contributed by atoms with Crippen molar-refractivity contribution in [3.05, 3.63) is 0 Å². The van der Waals surface area contributed by atoms with Gasteiger partial charge in [0.1, 0.15) is 5.78 Å². The van der Waals surface area contributed by atoms with E-state index < -0.39 is 0 Å². The molecule has 0 aromatic heterocycles. The average molecular weight is 169 g/mol. The molecule has 1 aliphatic rings. The van der Waals surface area contributed by atoms with Crippen LogP contribution in [0, 0.1) is 0 Å². The first-order valence-corrected chi connectivity index (χ1v) is 4.91. The Morgan fingerprint density at radius 2 is 2.08 bits per heavy atom. The largest absolute Gasteiger partial charge is 0.298 e. The van der Waals surface area contributed by atoms with Gasteiger partial charge in [-0.2, -0.15) is 0 Å². The molecule has 1 aliphatic heterocycles. The van der Waals surface area contributed by atoms with Crippen LogP contribution < -0.4 is 0 Å². The van der Waals surface area contributed by atoms with Crippen LogP contribution in [0.4, 0.5) is 0 Å². The molecule has 1 saturated heterocycles. The standard InChI is InChI=1S/C10H19NO/c1-4-5-6-7-9-10(8(2)12)11(9)3/h9-10H,4-7H2,1-3H3. The molecule has 0 aliphatic carbocycles. The Hall–Kier alpha value is -0.370. The number of carbonyl (C=O) groups is 1. The van der Waals surface area contributed by atoms with E-state index in [0.29, 0.717) is 11.8 Å². The van der Waals surface area contributed by atoms with Crippen molar-refractivity contribution >= 4 is 5.78 Å². The summed E-state index contributed by atoms with van der Waals surface area (Å²) in [7, 11) is 2.04. The summed E-state index contributed by atoms with van der Waals surface area (Å²) >= 11 is 0. The minimum absolute atomic E-state index is 0.252. The molecule has 0 N–H and O–H groups in total. The summed E-state index contributed by atoms with van der Waals surface area (Å²) < 4.78 is 0. The highest BCUT2D eigenvalue weighted by molar-refractivity contribution is 5.85. The average Bonchev–Trinajstić information content (AvgIpc) is 2.62. The molecular weight excluding hydrogens is 150 g/mol. The number of unbranched alkanes of at least 4 members (excludes halogenated alkanes) is 2. The monoisotopic (exact) mass is 169 g/mol. The second-order valence-electron chi connectivity index (χ2n) is 3.78. The van der Waals surface area contributed by atoms with Gasteiger partial charge in [-0.25, -0.2) is 0 Å². The molecule has 70 valence electrons. The van der Waals surface area contributed by atoms with Gasteiger partial charge in [0.15, 0.2) is 0 Å². The summed E-state index contributed by atoms with van der Waals surface area (Å²) in [5.41, 5.74) is 0. The SMILES string of the molecule is CCCCCC1C(C(C)=O)N1C. The van der Waals surface area contributed by atoms with Gasteiger partial charge in [-0.05, 0) is 20.4 Å². The van der Waals surface area contributed by atoms with Crippen LogP contribution in [-0.4, -0.2) is 29.8 Å². The lowest BCUT2D eigenvalue weighted by molar-refractivity contribution is -0.117. The molecule has 0 spiro atoms. The highest BCUT2D eigenvalue weighted by Crippen LogP contribution is 2.30. The first-order chi connectivity index (χ1) is 5.68. The third-order valence-corrected chi connectivity index (χ3v) is 2.76. The zero-order valence-electron chi connectivity index (χ0n) is 8.34. The van der Waals surface area contributed by atoms with Crippen LogP contribution in [0.15, 0.2) is 0 Å². The lowest BCUT2D eigenvalue weighted by Gasteiger charge is -1.95. The first kappa shape index (κ1) is 9.72. The van der Waals surface area contributed by atoms with Crippen molar-refractivity contribution in [2.75, 3.05) is 7.05 Å². The summed E-state index contributed by atoms with van der Waals surface area (Å²) in [6.45, 7) is 3.90. The number of hydrogen-bond acceptors (Lipinski definition) is 2. The van der Waals surface area contributed by atoms with Crippen molar-refractivity contribution < 1.29 is 4.79 Å². The van der Waals surface area contributed by atoms with E-state index >= 15 is 0 Å². The van der Waals surface area contributed by atoms with E-state index in [1.165, 1.54) is 25.7 Å². The fourth-order valence-corrected chi connectivity index (χ4v) is 1.93. The quantitative estimate of drug-likeness (QED) is 0.462. The molecule has 0 aromatic rings. The Balaban J connectivity index is 2.15. The lowest BCUT2D eigenvalue weighted by Crippen LogP contribution is -2.05. The minimum atomic E-state index is 0.252. The Bertz CT molecular complexity index is 167. The molecular formula is C10H19NO. The van der Waals surface area contributed by atoms with Crippen LogP contribution in [0.5, 0.6) is 0 Å². The van der Waals surface area contributed by atoms with Crippen molar-refractivity contribution in [1.82, 2.24) is 4.90 Å². The normalized spacial score (nSPS) is 33.4. The second kappa shape index (κ2) is 4.04. The number of ketones is 1. The molecule has 0 saturated carbocycles. The van der Waals surface area contributed by atoms with Gasteiger partial charge < -0.3 is 0 Å². The zero-order valence-corrected chi connectivity index (χ0v) is 8.34. The highest BCUT2D eigenvalue weighted by Gasteiger charge is 2.46. The van der Waals surface area contributed by atoms with E-state index in [1.807, 2.05) is 7.05 Å². The van der Waals surface area contributed by atoms with Gasteiger partial charge in [-0.3, -0.25) is 9.69 Å². The number of carbonyl (C=O) groups excluding carboxylic acids is 1. The van der Waals surface area contributed by atoms with Gasteiger partial charge in [-0.1, -0.05) is 26.2 Å². The van der Waals surface area contributed by atoms with Gasteiger partial charge in [0.25, 0.3) is 0 Å². The molecule has 12 heavy (non-hydrogen) atoms. The summed E-state index contributed by atoms with van der Waals surface area (Å²) in [6, 6.07) is 0.816. The van der Waals surface area contributed by atoms with Crippen molar-refractivity contribution in [3.63, 3.8) is 0 Å². The van der Waals surface area contributed by atoms with Crippen LogP contribution in [0.3, 0.4) is 0 Å². The van der Waals surface area contributed by atoms with Crippen LogP contribution in [0.25, 0.3) is 0 Å². The molecule has 1 fully saturated rings. The predicted octanol–water partition coefficient (Wildman–Crippen LogP) is 1.84. The number of hydrogen-bond donors (Lipinski definition) is 0. The molecule has 2 nitrogen and oxygen atoms in total. The topological polar surface area (TPSA) is 20.1 Å². The van der Waals surface area contributed by atoms with Crippen molar-refractivity contribution in [1.29, 1.82) is 0 Å². The second-order valence-corrected chi connectivity index (χ2v) is 3.78. The number of rotatable bonds is 5. The number of Topliss-reactive ketones (excluding diaryl/α,β-unsaturated/α-hetero) is 1. The number of nitrogens with zero attached hydrogens (tertiary/aromatic N) is 1. The molecule has 0 radical (unpaired) electrons. The smallest absolute Gasteiger partial charge is 0.148 e. The van der Waals surface area contributed by atoms with Crippen LogP contribution >= 0.6 is 0 Å². The van der Waals surface area contributed by atoms with E-state index in [9.17, 15) is 4.79 Å². The van der Waals surface area contributed by atoms with Crippen LogP contribution in [0.1, 0.15) is 39.5 Å². The molecule has 3 atom stereocenters. The maximum Gasteiger partial charge on any atom is 0.148 e. The minimum Gasteiger partial charge on any atom is -0.298 e. The molecule has 3 unspecified atom stereocenters. The molecule has 2 heteroatoms. The summed E-state index contributed by atoms with van der Waals surface area (Å²) in [5.74, 6) is 0.332. The van der Waals surface area contributed by atoms with Crippen molar-refractivity contribution in [3.8, 4) is 0 Å². The highest BCUT2D eigenvalue weighted by atomic mass is 16.1. The van der Waals surface area contributed by atoms with Gasteiger partial charge in [0.2, 0.25) is 0 Å². The molecule has 0 bridgehead atoms. The van der Waals surface area contributed by atoms with Gasteiger partial charge in [-0.15, -0.1) is 0 Å². The van der Waals surface area contributed by atoms with Crippen molar-refractivity contribution in [2.24, 2.45) is 0 Å². The van der Waals surface area contributed by atoms with E-state index in [-0.39, 0.29) is 6.04 Å². The number of likely N-dealkylation sites (N-methyl/N-ethyl adjacent to an activating group) is 1. The summed E-state index contributed by atoms with van der Waals surface area (Å²) in [6.07, 6.45) is 5.04. The Labute approximate surface area is 74.9 Å². The fraction of sp³-hybridized carbons (Fsp3) is 0.900. The summed E-state index contributed by atoms with van der Waals surface area (Å²) in [5, 5.41) is 0. The van der Waals surface area contributed by atoms with Crippen LogP contribution in [0.2, 0.25) is 0 Å². The van der Waals surface area contributed by atoms with Gasteiger partial charge in [0.05, 0.1) is 6.04 Å². The van der Waals surface area contributed by atoms with Gasteiger partial charge >= 0.3 is 0 Å². The predicted molar refractivity (Wildman–Crippen MR) is 50.2 cm³/mol. The van der Waals surface area contributed by atoms with E-state index in [1.54, 1.807) is 6.92 Å². The van der Waals surface area contributed by atoms with E-state index in [4.69, 9.17) is 0 Å². The third-order valence-electron chi connectivity index (χ3n) is 2.76.